The minimum Gasteiger partial charge on any atom is -0.372 e. The average Bonchev–Trinajstić information content (AvgIpc) is 3.10. The van der Waals surface area contributed by atoms with Gasteiger partial charge < -0.3 is 10.2 Å². The molecule has 1 aromatic heterocycles. The topological polar surface area (TPSA) is 75.9 Å². The summed E-state index contributed by atoms with van der Waals surface area (Å²) in [6, 6.07) is 8.25. The van der Waals surface area contributed by atoms with Crippen LogP contribution in [0.1, 0.15) is 39.2 Å². The van der Waals surface area contributed by atoms with Crippen molar-refractivity contribution in [1.82, 2.24) is 20.2 Å². The second-order valence-corrected chi connectivity index (χ2v) is 7.37. The van der Waals surface area contributed by atoms with Gasteiger partial charge >= 0.3 is 0 Å². The molecule has 7 nitrogen and oxygen atoms in total. The second-order valence-electron chi connectivity index (χ2n) is 6.43. The molecule has 1 aliphatic heterocycles. The molecule has 0 spiro atoms. The fraction of sp³-hybridized carbons (Fsp3) is 0.529. The van der Waals surface area contributed by atoms with Crippen molar-refractivity contribution in [3.05, 3.63) is 24.3 Å². The van der Waals surface area contributed by atoms with Crippen LogP contribution in [0.2, 0.25) is 0 Å². The number of nitrogens with zero attached hydrogens (tertiary/aromatic N) is 5. The summed E-state index contributed by atoms with van der Waals surface area (Å²) >= 11 is 1.34. The zero-order valence-electron chi connectivity index (χ0n) is 14.7. The maximum Gasteiger partial charge on any atom is 0.234 e. The van der Waals surface area contributed by atoms with Gasteiger partial charge in [0.15, 0.2) is 0 Å². The molecule has 3 rings (SSSR count). The van der Waals surface area contributed by atoms with Crippen LogP contribution in [0, 0.1) is 0 Å². The van der Waals surface area contributed by atoms with Crippen molar-refractivity contribution in [2.45, 2.75) is 44.3 Å². The molecule has 1 N–H and O–H groups in total. The highest BCUT2D eigenvalue weighted by atomic mass is 32.2. The van der Waals surface area contributed by atoms with Gasteiger partial charge in [-0.3, -0.25) is 4.79 Å². The first-order valence-corrected chi connectivity index (χ1v) is 9.67. The van der Waals surface area contributed by atoms with E-state index in [4.69, 9.17) is 0 Å². The van der Waals surface area contributed by atoms with Gasteiger partial charge in [-0.05, 0) is 67.8 Å². The quantitative estimate of drug-likeness (QED) is 0.798. The smallest absolute Gasteiger partial charge is 0.234 e. The van der Waals surface area contributed by atoms with Gasteiger partial charge in [-0.25, -0.2) is 4.68 Å². The Morgan fingerprint density at radius 2 is 1.92 bits per heavy atom. The molecule has 134 valence electrons. The Morgan fingerprint density at radius 1 is 1.20 bits per heavy atom. The molecule has 2 aromatic rings. The first kappa shape index (κ1) is 17.7. The number of tetrazole rings is 1. The number of carbonyl (C=O) groups is 1. The van der Waals surface area contributed by atoms with E-state index >= 15 is 0 Å². The molecule has 0 bridgehead atoms. The number of aromatic nitrogens is 4. The predicted octanol–water partition coefficient (Wildman–Crippen LogP) is 2.98. The van der Waals surface area contributed by atoms with Gasteiger partial charge in [0.05, 0.1) is 11.8 Å². The van der Waals surface area contributed by atoms with E-state index in [0.717, 1.165) is 18.8 Å². The molecular weight excluding hydrogens is 336 g/mol. The van der Waals surface area contributed by atoms with Crippen molar-refractivity contribution < 1.29 is 4.79 Å². The molecule has 25 heavy (non-hydrogen) atoms. The van der Waals surface area contributed by atoms with E-state index in [-0.39, 0.29) is 17.7 Å². The summed E-state index contributed by atoms with van der Waals surface area (Å²) in [6.07, 6.45) is 3.83. The normalized spacial score (nSPS) is 14.8. The maximum atomic E-state index is 12.2. The third kappa shape index (κ3) is 4.72. The first-order chi connectivity index (χ1) is 12.1. The molecular formula is C17H24N6OS. The Labute approximate surface area is 152 Å². The summed E-state index contributed by atoms with van der Waals surface area (Å²) in [6.45, 7) is 6.24. The van der Waals surface area contributed by atoms with Crippen molar-refractivity contribution in [3.63, 3.8) is 0 Å². The van der Waals surface area contributed by atoms with Crippen LogP contribution in [0.15, 0.2) is 29.4 Å². The molecule has 0 atom stereocenters. The molecule has 1 aromatic carbocycles. The highest BCUT2D eigenvalue weighted by molar-refractivity contribution is 7.99. The lowest BCUT2D eigenvalue weighted by atomic mass is 10.1. The molecule has 0 radical (unpaired) electrons. The second kappa shape index (κ2) is 8.33. The number of rotatable bonds is 6. The lowest BCUT2D eigenvalue weighted by Gasteiger charge is -2.28. The van der Waals surface area contributed by atoms with Crippen LogP contribution in [-0.2, 0) is 4.79 Å². The van der Waals surface area contributed by atoms with E-state index in [9.17, 15) is 4.79 Å². The standard InChI is InChI=1S/C17H24N6OS/c1-13(2)23-17(19-20-21-23)25-12-16(24)18-14-6-8-15(9-7-14)22-10-4-3-5-11-22/h6-9,13H,3-5,10-12H2,1-2H3,(H,18,24). The summed E-state index contributed by atoms with van der Waals surface area (Å²) in [5.74, 6) is 0.218. The fourth-order valence-corrected chi connectivity index (χ4v) is 3.65. The van der Waals surface area contributed by atoms with Crippen LogP contribution in [0.5, 0.6) is 0 Å². The Bertz CT molecular complexity index is 693. The van der Waals surface area contributed by atoms with Crippen molar-refractivity contribution in [1.29, 1.82) is 0 Å². The zero-order valence-corrected chi connectivity index (χ0v) is 15.5. The van der Waals surface area contributed by atoms with E-state index in [2.05, 4.69) is 37.9 Å². The molecule has 2 heterocycles. The van der Waals surface area contributed by atoms with Crippen LogP contribution in [0.4, 0.5) is 11.4 Å². The van der Waals surface area contributed by atoms with E-state index in [1.165, 1.54) is 36.7 Å². The largest absolute Gasteiger partial charge is 0.372 e. The number of nitrogens with one attached hydrogen (secondary N) is 1. The molecule has 1 amide bonds. The summed E-state index contributed by atoms with van der Waals surface area (Å²) < 4.78 is 1.71. The lowest BCUT2D eigenvalue weighted by Crippen LogP contribution is -2.29. The van der Waals surface area contributed by atoms with Gasteiger partial charge in [-0.2, -0.15) is 0 Å². The van der Waals surface area contributed by atoms with Gasteiger partial charge in [0.2, 0.25) is 11.1 Å². The van der Waals surface area contributed by atoms with Crippen molar-refractivity contribution in [2.24, 2.45) is 0 Å². The number of piperidine rings is 1. The van der Waals surface area contributed by atoms with Crippen molar-refractivity contribution >= 4 is 29.0 Å². The molecule has 1 aliphatic rings. The van der Waals surface area contributed by atoms with Crippen LogP contribution in [-0.4, -0.2) is 45.0 Å². The van der Waals surface area contributed by atoms with Crippen molar-refractivity contribution in [3.8, 4) is 0 Å². The highest BCUT2D eigenvalue weighted by Gasteiger charge is 2.13. The summed E-state index contributed by atoms with van der Waals surface area (Å²) in [5, 5.41) is 15.1. The maximum absolute atomic E-state index is 12.2. The molecule has 0 aliphatic carbocycles. The Hall–Kier alpha value is -2.09. The summed E-state index contributed by atoms with van der Waals surface area (Å²) in [7, 11) is 0. The van der Waals surface area contributed by atoms with Gasteiger partial charge in [0, 0.05) is 24.5 Å². The summed E-state index contributed by atoms with van der Waals surface area (Å²) in [5.41, 5.74) is 2.04. The number of carbonyl (C=O) groups excluding carboxylic acids is 1. The van der Waals surface area contributed by atoms with Gasteiger partial charge in [-0.15, -0.1) is 5.10 Å². The van der Waals surface area contributed by atoms with Crippen LogP contribution in [0.3, 0.4) is 0 Å². The van der Waals surface area contributed by atoms with Crippen LogP contribution < -0.4 is 10.2 Å². The zero-order chi connectivity index (χ0) is 17.6. The summed E-state index contributed by atoms with van der Waals surface area (Å²) in [4.78, 5) is 14.6. The van der Waals surface area contributed by atoms with E-state index in [1.54, 1.807) is 4.68 Å². The number of amides is 1. The number of benzene rings is 1. The number of hydrogen-bond acceptors (Lipinski definition) is 6. The highest BCUT2D eigenvalue weighted by Crippen LogP contribution is 2.22. The molecule has 1 fully saturated rings. The predicted molar refractivity (Wildman–Crippen MR) is 100 cm³/mol. The van der Waals surface area contributed by atoms with Gasteiger partial charge in [-0.1, -0.05) is 11.8 Å². The Morgan fingerprint density at radius 3 is 2.60 bits per heavy atom. The SMILES string of the molecule is CC(C)n1nnnc1SCC(=O)Nc1ccc(N2CCCCC2)cc1. The number of hydrogen-bond donors (Lipinski definition) is 1. The monoisotopic (exact) mass is 360 g/mol. The number of anilines is 2. The van der Waals surface area contributed by atoms with Gasteiger partial charge in [0.25, 0.3) is 0 Å². The average molecular weight is 360 g/mol. The van der Waals surface area contributed by atoms with E-state index in [0.29, 0.717) is 5.16 Å². The minimum absolute atomic E-state index is 0.0611. The minimum atomic E-state index is -0.0611. The fourth-order valence-electron chi connectivity index (χ4n) is 2.84. The lowest BCUT2D eigenvalue weighted by molar-refractivity contribution is -0.113. The Balaban J connectivity index is 1.51. The number of thioether (sulfide) groups is 1. The van der Waals surface area contributed by atoms with Gasteiger partial charge in [0.1, 0.15) is 0 Å². The van der Waals surface area contributed by atoms with E-state index in [1.807, 2.05) is 26.0 Å². The third-order valence-corrected chi connectivity index (χ3v) is 5.09. The van der Waals surface area contributed by atoms with Crippen LogP contribution in [0.25, 0.3) is 0 Å². The molecule has 0 unspecified atom stereocenters. The first-order valence-electron chi connectivity index (χ1n) is 8.69. The molecule has 8 heteroatoms. The van der Waals surface area contributed by atoms with E-state index < -0.39 is 0 Å². The molecule has 1 saturated heterocycles. The Kier molecular flexibility index (Phi) is 5.91. The van der Waals surface area contributed by atoms with Crippen LogP contribution >= 0.6 is 11.8 Å². The molecule has 0 saturated carbocycles. The van der Waals surface area contributed by atoms with Crippen molar-refractivity contribution in [2.75, 3.05) is 29.1 Å². The third-order valence-electron chi connectivity index (χ3n) is 4.16.